The Bertz CT molecular complexity index is 343. The van der Waals surface area contributed by atoms with Gasteiger partial charge >= 0.3 is 0 Å². The predicted molar refractivity (Wildman–Crippen MR) is 74.7 cm³/mol. The van der Waals surface area contributed by atoms with E-state index in [0.29, 0.717) is 0 Å². The number of nitrogens with zero attached hydrogens (tertiary/aromatic N) is 2. The van der Waals surface area contributed by atoms with Crippen molar-refractivity contribution < 1.29 is 5.11 Å². The minimum Gasteiger partial charge on any atom is -0.396 e. The Labute approximate surface area is 113 Å². The van der Waals surface area contributed by atoms with Crippen molar-refractivity contribution in [1.29, 1.82) is 0 Å². The SMILES string of the molecule is Br.OCCCN1C=CN(Cc2ccccc2)C1. The third-order valence-electron chi connectivity index (χ3n) is 2.68. The summed E-state index contributed by atoms with van der Waals surface area (Å²) in [6.45, 7) is 3.07. The summed E-state index contributed by atoms with van der Waals surface area (Å²) in [5.74, 6) is 0. The fourth-order valence-electron chi connectivity index (χ4n) is 1.86. The number of hydrogen-bond acceptors (Lipinski definition) is 3. The molecule has 4 heteroatoms. The summed E-state index contributed by atoms with van der Waals surface area (Å²) >= 11 is 0. The molecule has 0 bridgehead atoms. The van der Waals surface area contributed by atoms with E-state index in [2.05, 4.69) is 46.5 Å². The molecule has 1 aromatic carbocycles. The smallest absolute Gasteiger partial charge is 0.0897 e. The summed E-state index contributed by atoms with van der Waals surface area (Å²) in [6, 6.07) is 10.5. The molecule has 0 atom stereocenters. The highest BCUT2D eigenvalue weighted by Gasteiger charge is 2.11. The molecule has 1 aromatic rings. The fourth-order valence-corrected chi connectivity index (χ4v) is 1.86. The number of hydrogen-bond donors (Lipinski definition) is 1. The molecule has 1 N–H and O–H groups in total. The normalized spacial score (nSPS) is 13.9. The molecule has 17 heavy (non-hydrogen) atoms. The van der Waals surface area contributed by atoms with Crippen LogP contribution in [0.5, 0.6) is 0 Å². The van der Waals surface area contributed by atoms with Gasteiger partial charge in [-0.3, -0.25) is 0 Å². The fraction of sp³-hybridized carbons (Fsp3) is 0.385. The first-order chi connectivity index (χ1) is 7.88. The lowest BCUT2D eigenvalue weighted by molar-refractivity contribution is 0.226. The molecule has 94 valence electrons. The van der Waals surface area contributed by atoms with E-state index in [0.717, 1.165) is 26.2 Å². The molecule has 2 rings (SSSR count). The van der Waals surface area contributed by atoms with E-state index >= 15 is 0 Å². The number of rotatable bonds is 5. The topological polar surface area (TPSA) is 26.7 Å². The van der Waals surface area contributed by atoms with Gasteiger partial charge < -0.3 is 14.9 Å². The molecule has 1 aliphatic rings. The monoisotopic (exact) mass is 298 g/mol. The van der Waals surface area contributed by atoms with Gasteiger partial charge in [-0.05, 0) is 12.0 Å². The van der Waals surface area contributed by atoms with Crippen molar-refractivity contribution in [3.8, 4) is 0 Å². The van der Waals surface area contributed by atoms with Gasteiger partial charge in [0.05, 0.1) is 6.67 Å². The zero-order valence-corrected chi connectivity index (χ0v) is 11.5. The molecular formula is C13H19BrN2O. The Kier molecular flexibility index (Phi) is 6.08. The van der Waals surface area contributed by atoms with E-state index in [-0.39, 0.29) is 23.6 Å². The second-order valence-corrected chi connectivity index (χ2v) is 4.06. The van der Waals surface area contributed by atoms with E-state index in [1.807, 2.05) is 6.07 Å². The zero-order valence-electron chi connectivity index (χ0n) is 9.83. The van der Waals surface area contributed by atoms with Gasteiger partial charge in [-0.25, -0.2) is 0 Å². The molecule has 0 saturated heterocycles. The summed E-state index contributed by atoms with van der Waals surface area (Å²) in [4.78, 5) is 4.49. The van der Waals surface area contributed by atoms with E-state index in [1.54, 1.807) is 0 Å². The number of halogens is 1. The molecule has 0 unspecified atom stereocenters. The predicted octanol–water partition coefficient (Wildman–Crippen LogP) is 2.19. The first-order valence-electron chi connectivity index (χ1n) is 5.70. The largest absolute Gasteiger partial charge is 0.396 e. The molecule has 0 saturated carbocycles. The highest BCUT2D eigenvalue weighted by molar-refractivity contribution is 8.93. The second-order valence-electron chi connectivity index (χ2n) is 4.06. The molecule has 0 aromatic heterocycles. The van der Waals surface area contributed by atoms with Crippen LogP contribution >= 0.6 is 17.0 Å². The van der Waals surface area contributed by atoms with Gasteiger partial charge in [0.1, 0.15) is 0 Å². The van der Waals surface area contributed by atoms with Gasteiger partial charge in [0.15, 0.2) is 0 Å². The summed E-state index contributed by atoms with van der Waals surface area (Å²) in [5, 5.41) is 8.76. The summed E-state index contributed by atoms with van der Waals surface area (Å²) in [7, 11) is 0. The molecule has 0 amide bonds. The third-order valence-corrected chi connectivity index (χ3v) is 2.68. The first kappa shape index (κ1) is 14.1. The van der Waals surface area contributed by atoms with Crippen LogP contribution in [0.1, 0.15) is 12.0 Å². The Hall–Kier alpha value is -1.00. The lowest BCUT2D eigenvalue weighted by Crippen LogP contribution is -2.26. The Morgan fingerprint density at radius 1 is 1.06 bits per heavy atom. The number of aliphatic hydroxyl groups is 1. The number of benzene rings is 1. The lowest BCUT2D eigenvalue weighted by Gasteiger charge is -2.21. The van der Waals surface area contributed by atoms with Crippen molar-refractivity contribution in [2.75, 3.05) is 19.8 Å². The van der Waals surface area contributed by atoms with E-state index in [9.17, 15) is 0 Å². The van der Waals surface area contributed by atoms with Gasteiger partial charge in [0.25, 0.3) is 0 Å². The summed E-state index contributed by atoms with van der Waals surface area (Å²) in [5.41, 5.74) is 1.33. The maximum absolute atomic E-state index is 8.76. The zero-order chi connectivity index (χ0) is 11.2. The Morgan fingerprint density at radius 2 is 1.76 bits per heavy atom. The van der Waals surface area contributed by atoms with Gasteiger partial charge in [-0.2, -0.15) is 0 Å². The van der Waals surface area contributed by atoms with Crippen molar-refractivity contribution >= 4 is 17.0 Å². The average Bonchev–Trinajstić information content (AvgIpc) is 2.75. The Balaban J connectivity index is 0.00000144. The van der Waals surface area contributed by atoms with Crippen LogP contribution in [0.15, 0.2) is 42.7 Å². The van der Waals surface area contributed by atoms with Crippen LogP contribution in [-0.4, -0.2) is 34.7 Å². The molecule has 0 aliphatic carbocycles. The maximum Gasteiger partial charge on any atom is 0.0897 e. The minimum atomic E-state index is 0. The Morgan fingerprint density at radius 3 is 2.47 bits per heavy atom. The molecular weight excluding hydrogens is 280 g/mol. The van der Waals surface area contributed by atoms with Crippen LogP contribution in [0.25, 0.3) is 0 Å². The van der Waals surface area contributed by atoms with Crippen LogP contribution in [0.2, 0.25) is 0 Å². The summed E-state index contributed by atoms with van der Waals surface area (Å²) < 4.78 is 0. The minimum absolute atomic E-state index is 0. The molecule has 1 aliphatic heterocycles. The third kappa shape index (κ3) is 4.40. The first-order valence-corrected chi connectivity index (χ1v) is 5.70. The van der Waals surface area contributed by atoms with Gasteiger partial charge in [0, 0.05) is 32.1 Å². The summed E-state index contributed by atoms with van der Waals surface area (Å²) in [6.07, 6.45) is 5.05. The van der Waals surface area contributed by atoms with Crippen molar-refractivity contribution in [3.63, 3.8) is 0 Å². The molecule has 1 heterocycles. The molecule has 0 radical (unpaired) electrons. The molecule has 3 nitrogen and oxygen atoms in total. The second kappa shape index (κ2) is 7.35. The van der Waals surface area contributed by atoms with Crippen LogP contribution in [0.3, 0.4) is 0 Å². The van der Waals surface area contributed by atoms with Crippen molar-refractivity contribution in [2.45, 2.75) is 13.0 Å². The quantitative estimate of drug-likeness (QED) is 0.903. The van der Waals surface area contributed by atoms with Crippen molar-refractivity contribution in [3.05, 3.63) is 48.3 Å². The highest BCUT2D eigenvalue weighted by Crippen LogP contribution is 2.11. The van der Waals surface area contributed by atoms with Gasteiger partial charge in [0.2, 0.25) is 0 Å². The van der Waals surface area contributed by atoms with Crippen LogP contribution in [0.4, 0.5) is 0 Å². The van der Waals surface area contributed by atoms with E-state index in [1.165, 1.54) is 5.56 Å². The molecule has 0 fully saturated rings. The van der Waals surface area contributed by atoms with Gasteiger partial charge in [-0.1, -0.05) is 30.3 Å². The highest BCUT2D eigenvalue weighted by atomic mass is 79.9. The van der Waals surface area contributed by atoms with Crippen LogP contribution < -0.4 is 0 Å². The van der Waals surface area contributed by atoms with Crippen molar-refractivity contribution in [1.82, 2.24) is 9.80 Å². The van der Waals surface area contributed by atoms with Crippen LogP contribution in [-0.2, 0) is 6.54 Å². The lowest BCUT2D eigenvalue weighted by atomic mass is 10.2. The maximum atomic E-state index is 8.76. The van der Waals surface area contributed by atoms with E-state index < -0.39 is 0 Å². The van der Waals surface area contributed by atoms with Gasteiger partial charge in [-0.15, -0.1) is 17.0 Å². The van der Waals surface area contributed by atoms with Crippen LogP contribution in [0, 0.1) is 0 Å². The number of aliphatic hydroxyl groups excluding tert-OH is 1. The van der Waals surface area contributed by atoms with Crippen molar-refractivity contribution in [2.24, 2.45) is 0 Å². The van der Waals surface area contributed by atoms with E-state index in [4.69, 9.17) is 5.11 Å². The molecule has 0 spiro atoms. The average molecular weight is 299 g/mol. The standard InChI is InChI=1S/C13H18N2O.BrH/c16-10-4-7-14-8-9-15(12-14)11-13-5-2-1-3-6-13;/h1-3,5-6,8-9,16H,4,7,10-12H2;1H.